The number of nitrogens with zero attached hydrogens (tertiary/aromatic N) is 2. The molecule has 0 atom stereocenters. The van der Waals surface area contributed by atoms with Crippen LogP contribution in [0.4, 0.5) is 5.69 Å². The minimum Gasteiger partial charge on any atom is -0.340 e. The Morgan fingerprint density at radius 1 is 0.893 bits per heavy atom. The Labute approximate surface area is 173 Å². The second-order valence-corrected chi connectivity index (χ2v) is 7.79. The molecular weight excluding hydrogens is 362 g/mol. The maximum atomic E-state index is 5.83. The number of hydrogen-bond acceptors (Lipinski definition) is 2. The van der Waals surface area contributed by atoms with Gasteiger partial charge in [-0.15, -0.1) is 0 Å². The summed E-state index contributed by atoms with van der Waals surface area (Å²) in [5.74, 6) is 0. The molecule has 3 rings (SSSR count). The number of anilines is 1. The van der Waals surface area contributed by atoms with Crippen LogP contribution in [0.25, 0.3) is 0 Å². The maximum Gasteiger partial charge on any atom is 0.174 e. The topological polar surface area (TPSA) is 28.2 Å². The first-order chi connectivity index (χ1) is 13.4. The van der Waals surface area contributed by atoms with Crippen LogP contribution in [-0.4, -0.2) is 15.0 Å². The van der Waals surface area contributed by atoms with Crippen LogP contribution < -0.4 is 5.32 Å². The van der Waals surface area contributed by atoms with Crippen LogP contribution in [0, 0.1) is 27.7 Å². The van der Waals surface area contributed by atoms with E-state index in [-0.39, 0.29) is 0 Å². The molecular formula is C24H27N3S. The lowest BCUT2D eigenvalue weighted by Crippen LogP contribution is -2.34. The number of nitrogens with one attached hydrogen (secondary N) is 1. The number of thiocarbonyl (C=S) groups is 1. The van der Waals surface area contributed by atoms with Gasteiger partial charge in [0.2, 0.25) is 0 Å². The van der Waals surface area contributed by atoms with Crippen molar-refractivity contribution in [3.8, 4) is 0 Å². The van der Waals surface area contributed by atoms with E-state index in [0.717, 1.165) is 22.9 Å². The average Bonchev–Trinajstić information content (AvgIpc) is 2.66. The van der Waals surface area contributed by atoms with E-state index in [9.17, 15) is 0 Å². The molecule has 4 heteroatoms. The Morgan fingerprint density at radius 3 is 2.14 bits per heavy atom. The molecule has 3 nitrogen and oxygen atoms in total. The molecule has 0 saturated heterocycles. The van der Waals surface area contributed by atoms with Gasteiger partial charge in [-0.3, -0.25) is 4.98 Å². The molecule has 0 bridgehead atoms. The van der Waals surface area contributed by atoms with E-state index in [4.69, 9.17) is 12.2 Å². The van der Waals surface area contributed by atoms with Crippen molar-refractivity contribution >= 4 is 23.0 Å². The molecule has 0 unspecified atom stereocenters. The normalized spacial score (nSPS) is 10.6. The van der Waals surface area contributed by atoms with Crippen molar-refractivity contribution in [3.63, 3.8) is 0 Å². The Kier molecular flexibility index (Phi) is 6.42. The average molecular weight is 390 g/mol. The first-order valence-electron chi connectivity index (χ1n) is 9.50. The van der Waals surface area contributed by atoms with Crippen molar-refractivity contribution in [1.29, 1.82) is 0 Å². The third kappa shape index (κ3) is 5.17. The van der Waals surface area contributed by atoms with E-state index in [0.29, 0.717) is 6.54 Å². The summed E-state index contributed by atoms with van der Waals surface area (Å²) >= 11 is 5.83. The van der Waals surface area contributed by atoms with E-state index in [1.165, 1.54) is 27.8 Å². The minimum absolute atomic E-state index is 0.706. The quantitative estimate of drug-likeness (QED) is 0.565. The van der Waals surface area contributed by atoms with Crippen molar-refractivity contribution in [2.24, 2.45) is 0 Å². The van der Waals surface area contributed by atoms with Crippen LogP contribution in [-0.2, 0) is 13.1 Å². The fourth-order valence-electron chi connectivity index (χ4n) is 3.39. The standard InChI is InChI=1S/C24H27N3S/c1-17-7-9-21(10-8-17)15-27(16-22-6-5-11-25-14-22)24(28)26-23-19(3)12-18(2)13-20(23)4/h5-14H,15-16H2,1-4H3,(H,26,28). The summed E-state index contributed by atoms with van der Waals surface area (Å²) in [4.78, 5) is 6.44. The van der Waals surface area contributed by atoms with Crippen molar-refractivity contribution in [3.05, 3.63) is 94.3 Å². The molecule has 0 amide bonds. The molecule has 0 aliphatic carbocycles. The lowest BCUT2D eigenvalue weighted by Gasteiger charge is -2.27. The summed E-state index contributed by atoms with van der Waals surface area (Å²) in [5, 5.41) is 4.22. The van der Waals surface area contributed by atoms with Gasteiger partial charge in [0.05, 0.1) is 0 Å². The van der Waals surface area contributed by atoms with Crippen LogP contribution in [0.3, 0.4) is 0 Å². The first kappa shape index (κ1) is 20.0. The number of rotatable bonds is 5. The van der Waals surface area contributed by atoms with Gasteiger partial charge in [0.25, 0.3) is 0 Å². The van der Waals surface area contributed by atoms with Crippen LogP contribution in [0.1, 0.15) is 33.4 Å². The summed E-state index contributed by atoms with van der Waals surface area (Å²) in [6.07, 6.45) is 3.69. The van der Waals surface area contributed by atoms with Gasteiger partial charge >= 0.3 is 0 Å². The van der Waals surface area contributed by atoms with Crippen LogP contribution in [0.5, 0.6) is 0 Å². The summed E-state index contributed by atoms with van der Waals surface area (Å²) in [7, 11) is 0. The highest BCUT2D eigenvalue weighted by atomic mass is 32.1. The zero-order valence-electron chi connectivity index (χ0n) is 17.0. The predicted octanol–water partition coefficient (Wildman–Crippen LogP) is 5.71. The lowest BCUT2D eigenvalue weighted by atomic mass is 10.1. The molecule has 0 aliphatic rings. The highest BCUT2D eigenvalue weighted by Gasteiger charge is 2.14. The van der Waals surface area contributed by atoms with Crippen LogP contribution >= 0.6 is 12.2 Å². The minimum atomic E-state index is 0.706. The highest BCUT2D eigenvalue weighted by molar-refractivity contribution is 7.80. The molecule has 0 radical (unpaired) electrons. The molecule has 0 aliphatic heterocycles. The molecule has 144 valence electrons. The maximum absolute atomic E-state index is 5.83. The van der Waals surface area contributed by atoms with E-state index < -0.39 is 0 Å². The van der Waals surface area contributed by atoms with Crippen LogP contribution in [0.2, 0.25) is 0 Å². The molecule has 1 heterocycles. The monoisotopic (exact) mass is 389 g/mol. The number of benzene rings is 2. The lowest BCUT2D eigenvalue weighted by molar-refractivity contribution is 0.412. The molecule has 1 N–H and O–H groups in total. The van der Waals surface area contributed by atoms with Crippen molar-refractivity contribution in [2.45, 2.75) is 40.8 Å². The summed E-state index contributed by atoms with van der Waals surface area (Å²) in [6.45, 7) is 9.91. The number of pyridine rings is 1. The Morgan fingerprint density at radius 2 is 1.54 bits per heavy atom. The largest absolute Gasteiger partial charge is 0.340 e. The molecule has 1 aromatic heterocycles. The smallest absolute Gasteiger partial charge is 0.174 e. The van der Waals surface area contributed by atoms with Gasteiger partial charge in [-0.1, -0.05) is 53.6 Å². The fourth-order valence-corrected chi connectivity index (χ4v) is 3.62. The van der Waals surface area contributed by atoms with E-state index in [2.05, 4.69) is 85.4 Å². The fraction of sp³-hybridized carbons (Fsp3) is 0.250. The SMILES string of the molecule is Cc1ccc(CN(Cc2cccnc2)C(=S)Nc2c(C)cc(C)cc2C)cc1. The van der Waals surface area contributed by atoms with E-state index >= 15 is 0 Å². The third-order valence-electron chi connectivity index (χ3n) is 4.79. The zero-order valence-corrected chi connectivity index (χ0v) is 17.8. The second-order valence-electron chi connectivity index (χ2n) is 7.41. The Bertz CT molecular complexity index is 926. The van der Waals surface area contributed by atoms with Gasteiger partial charge in [-0.25, -0.2) is 0 Å². The number of aryl methyl sites for hydroxylation is 4. The molecule has 2 aromatic carbocycles. The highest BCUT2D eigenvalue weighted by Crippen LogP contribution is 2.23. The van der Waals surface area contributed by atoms with Gasteiger partial charge < -0.3 is 10.2 Å². The first-order valence-corrected chi connectivity index (χ1v) is 9.91. The number of aromatic nitrogens is 1. The van der Waals surface area contributed by atoms with E-state index in [1.807, 2.05) is 12.3 Å². The zero-order chi connectivity index (χ0) is 20.1. The van der Waals surface area contributed by atoms with Crippen molar-refractivity contribution in [1.82, 2.24) is 9.88 Å². The molecule has 0 saturated carbocycles. The summed E-state index contributed by atoms with van der Waals surface area (Å²) in [5.41, 5.74) is 8.39. The molecule has 28 heavy (non-hydrogen) atoms. The van der Waals surface area contributed by atoms with Gasteiger partial charge in [-0.05, 0) is 68.2 Å². The van der Waals surface area contributed by atoms with Crippen LogP contribution in [0.15, 0.2) is 60.9 Å². The van der Waals surface area contributed by atoms with Crippen molar-refractivity contribution in [2.75, 3.05) is 5.32 Å². The Hall–Kier alpha value is -2.72. The predicted molar refractivity (Wildman–Crippen MR) is 122 cm³/mol. The van der Waals surface area contributed by atoms with Gasteiger partial charge in [0.1, 0.15) is 0 Å². The second kappa shape index (κ2) is 8.98. The summed E-state index contributed by atoms with van der Waals surface area (Å²) < 4.78 is 0. The molecule has 3 aromatic rings. The molecule has 0 spiro atoms. The number of hydrogen-bond donors (Lipinski definition) is 1. The van der Waals surface area contributed by atoms with E-state index in [1.54, 1.807) is 6.20 Å². The van der Waals surface area contributed by atoms with Gasteiger partial charge in [0.15, 0.2) is 5.11 Å². The van der Waals surface area contributed by atoms with Gasteiger partial charge in [-0.2, -0.15) is 0 Å². The summed E-state index contributed by atoms with van der Waals surface area (Å²) in [6, 6.07) is 17.0. The third-order valence-corrected chi connectivity index (χ3v) is 5.15. The van der Waals surface area contributed by atoms with Crippen molar-refractivity contribution < 1.29 is 0 Å². The Balaban J connectivity index is 1.84. The van der Waals surface area contributed by atoms with Gasteiger partial charge in [0, 0.05) is 31.2 Å². The molecule has 0 fully saturated rings.